The SMILES string of the molecule is CC.CC.COc1cc(Cl)ccc1C(=O)c1cc(CC(=O)NCCN(C)C)c(-c2ccc(Cl)cc2)s1. The molecule has 0 saturated carbocycles. The largest absolute Gasteiger partial charge is 0.496 e. The third kappa shape index (κ3) is 9.25. The van der Waals surface area contributed by atoms with Crippen molar-refractivity contribution in [1.29, 1.82) is 0 Å². The lowest BCUT2D eigenvalue weighted by molar-refractivity contribution is -0.120. The predicted octanol–water partition coefficient (Wildman–Crippen LogP) is 7.23. The Hall–Kier alpha value is -2.38. The summed E-state index contributed by atoms with van der Waals surface area (Å²) in [7, 11) is 5.40. The zero-order valence-electron chi connectivity index (χ0n) is 22.1. The molecular formula is C28H36Cl2N2O3S. The first-order chi connectivity index (χ1) is 17.3. The van der Waals surface area contributed by atoms with Gasteiger partial charge in [-0.15, -0.1) is 11.3 Å². The van der Waals surface area contributed by atoms with Crippen LogP contribution in [0.15, 0.2) is 48.5 Å². The van der Waals surface area contributed by atoms with E-state index in [9.17, 15) is 9.59 Å². The van der Waals surface area contributed by atoms with Gasteiger partial charge in [-0.3, -0.25) is 9.59 Å². The lowest BCUT2D eigenvalue weighted by atomic mass is 10.0. The molecule has 196 valence electrons. The summed E-state index contributed by atoms with van der Waals surface area (Å²) < 4.78 is 5.35. The topological polar surface area (TPSA) is 58.6 Å². The van der Waals surface area contributed by atoms with Crippen LogP contribution in [-0.4, -0.2) is 50.9 Å². The van der Waals surface area contributed by atoms with E-state index < -0.39 is 0 Å². The van der Waals surface area contributed by atoms with E-state index in [0.29, 0.717) is 32.8 Å². The van der Waals surface area contributed by atoms with Crippen molar-refractivity contribution in [2.24, 2.45) is 0 Å². The smallest absolute Gasteiger partial charge is 0.224 e. The maximum atomic E-state index is 13.3. The second-order valence-electron chi connectivity index (χ2n) is 7.48. The number of ketones is 1. The fourth-order valence-corrected chi connectivity index (χ4v) is 4.59. The molecule has 0 saturated heterocycles. The van der Waals surface area contributed by atoms with Crippen LogP contribution in [0.1, 0.15) is 48.5 Å². The van der Waals surface area contributed by atoms with E-state index in [0.717, 1.165) is 22.5 Å². The Morgan fingerprint density at radius 2 is 1.56 bits per heavy atom. The molecule has 1 aromatic heterocycles. The lowest BCUT2D eigenvalue weighted by Gasteiger charge is -2.10. The number of thiophene rings is 1. The molecule has 36 heavy (non-hydrogen) atoms. The number of hydrogen-bond acceptors (Lipinski definition) is 5. The number of amides is 1. The summed E-state index contributed by atoms with van der Waals surface area (Å²) in [6.07, 6.45) is 0.174. The number of benzene rings is 2. The molecule has 0 bridgehead atoms. The Morgan fingerprint density at radius 1 is 0.944 bits per heavy atom. The molecule has 1 amide bonds. The molecular weight excluding hydrogens is 515 g/mol. The number of hydrogen-bond donors (Lipinski definition) is 1. The normalized spacial score (nSPS) is 10.1. The Morgan fingerprint density at radius 3 is 2.14 bits per heavy atom. The van der Waals surface area contributed by atoms with Gasteiger partial charge in [-0.05, 0) is 61.6 Å². The fraction of sp³-hybridized carbons (Fsp3) is 0.357. The number of halogens is 2. The molecule has 2 aromatic carbocycles. The van der Waals surface area contributed by atoms with Gasteiger partial charge in [0.1, 0.15) is 5.75 Å². The molecule has 0 aliphatic heterocycles. The minimum Gasteiger partial charge on any atom is -0.496 e. The third-order valence-corrected chi connectivity index (χ3v) is 6.49. The third-order valence-electron chi connectivity index (χ3n) is 4.78. The highest BCUT2D eigenvalue weighted by Gasteiger charge is 2.21. The predicted molar refractivity (Wildman–Crippen MR) is 154 cm³/mol. The van der Waals surface area contributed by atoms with Crippen molar-refractivity contribution in [2.75, 3.05) is 34.3 Å². The zero-order chi connectivity index (χ0) is 27.3. The Bertz CT molecular complexity index is 1110. The van der Waals surface area contributed by atoms with Crippen molar-refractivity contribution in [1.82, 2.24) is 10.2 Å². The van der Waals surface area contributed by atoms with Gasteiger partial charge in [0, 0.05) is 28.0 Å². The number of ether oxygens (including phenoxy) is 1. The van der Waals surface area contributed by atoms with E-state index in [-0.39, 0.29) is 18.1 Å². The Labute approximate surface area is 229 Å². The summed E-state index contributed by atoms with van der Waals surface area (Å²) in [4.78, 5) is 29.2. The number of carbonyl (C=O) groups excluding carboxylic acids is 2. The van der Waals surface area contributed by atoms with Crippen LogP contribution in [0.3, 0.4) is 0 Å². The molecule has 0 atom stereocenters. The number of nitrogens with zero attached hydrogens (tertiary/aromatic N) is 1. The number of likely N-dealkylation sites (N-methyl/N-ethyl adjacent to an activating group) is 1. The maximum absolute atomic E-state index is 13.3. The first kappa shape index (κ1) is 31.6. The van der Waals surface area contributed by atoms with Crippen LogP contribution in [0.2, 0.25) is 10.0 Å². The summed E-state index contributed by atoms with van der Waals surface area (Å²) in [5, 5.41) is 4.04. The molecule has 1 heterocycles. The monoisotopic (exact) mass is 550 g/mol. The van der Waals surface area contributed by atoms with Gasteiger partial charge in [-0.25, -0.2) is 0 Å². The van der Waals surface area contributed by atoms with Crippen molar-refractivity contribution in [3.63, 3.8) is 0 Å². The van der Waals surface area contributed by atoms with E-state index in [2.05, 4.69) is 5.32 Å². The van der Waals surface area contributed by atoms with E-state index in [1.165, 1.54) is 18.4 Å². The molecule has 3 aromatic rings. The summed E-state index contributed by atoms with van der Waals surface area (Å²) in [6, 6.07) is 14.1. The van der Waals surface area contributed by atoms with Crippen LogP contribution < -0.4 is 10.1 Å². The van der Waals surface area contributed by atoms with Gasteiger partial charge in [0.2, 0.25) is 11.7 Å². The molecule has 8 heteroatoms. The van der Waals surface area contributed by atoms with Gasteiger partial charge in [0.15, 0.2) is 0 Å². The zero-order valence-corrected chi connectivity index (χ0v) is 24.4. The van der Waals surface area contributed by atoms with Crippen LogP contribution in [0, 0.1) is 0 Å². The van der Waals surface area contributed by atoms with Gasteiger partial charge in [0.25, 0.3) is 0 Å². The van der Waals surface area contributed by atoms with Gasteiger partial charge >= 0.3 is 0 Å². The summed E-state index contributed by atoms with van der Waals surface area (Å²) in [5.41, 5.74) is 2.11. The van der Waals surface area contributed by atoms with Crippen LogP contribution >= 0.6 is 34.5 Å². The van der Waals surface area contributed by atoms with Crippen molar-refractivity contribution < 1.29 is 14.3 Å². The highest BCUT2D eigenvalue weighted by Crippen LogP contribution is 2.36. The maximum Gasteiger partial charge on any atom is 0.224 e. The molecule has 1 N–H and O–H groups in total. The summed E-state index contributed by atoms with van der Waals surface area (Å²) >= 11 is 13.4. The van der Waals surface area contributed by atoms with Crippen LogP contribution in [0.25, 0.3) is 10.4 Å². The summed E-state index contributed by atoms with van der Waals surface area (Å²) in [5.74, 6) is 0.132. The fourth-order valence-electron chi connectivity index (χ4n) is 3.16. The molecule has 0 spiro atoms. The van der Waals surface area contributed by atoms with Gasteiger partial charge < -0.3 is 15.0 Å². The van der Waals surface area contributed by atoms with Gasteiger partial charge in [0.05, 0.1) is 24.0 Å². The standard InChI is InChI=1S/C24H24Cl2N2O3S.2C2H6/c1-28(2)11-10-27-22(29)13-16-12-21(32-24(16)15-4-6-17(25)7-5-15)23(30)19-9-8-18(26)14-20(19)31-3;2*1-2/h4-9,12,14H,10-11,13H2,1-3H3,(H,27,29);2*1-2H3. The highest BCUT2D eigenvalue weighted by atomic mass is 35.5. The second kappa shape index (κ2) is 16.4. The molecule has 0 fully saturated rings. The van der Waals surface area contributed by atoms with Crippen molar-refractivity contribution in [2.45, 2.75) is 34.1 Å². The van der Waals surface area contributed by atoms with Crippen LogP contribution in [0.5, 0.6) is 5.75 Å². The molecule has 5 nitrogen and oxygen atoms in total. The number of methoxy groups -OCH3 is 1. The van der Waals surface area contributed by atoms with Gasteiger partial charge in [-0.1, -0.05) is 63.0 Å². The lowest BCUT2D eigenvalue weighted by Crippen LogP contribution is -2.32. The van der Waals surface area contributed by atoms with Crippen molar-refractivity contribution >= 4 is 46.2 Å². The minimum atomic E-state index is -0.182. The first-order valence-corrected chi connectivity index (χ1v) is 13.5. The highest BCUT2D eigenvalue weighted by molar-refractivity contribution is 7.17. The molecule has 3 rings (SSSR count). The van der Waals surface area contributed by atoms with E-state index in [4.69, 9.17) is 27.9 Å². The van der Waals surface area contributed by atoms with E-state index >= 15 is 0 Å². The quantitative estimate of drug-likeness (QED) is 0.285. The van der Waals surface area contributed by atoms with Crippen molar-refractivity contribution in [3.05, 3.63) is 74.6 Å². The minimum absolute atomic E-state index is 0.0945. The molecule has 0 aliphatic carbocycles. The summed E-state index contributed by atoms with van der Waals surface area (Å²) in [6.45, 7) is 9.31. The van der Waals surface area contributed by atoms with Crippen LogP contribution in [0.4, 0.5) is 0 Å². The van der Waals surface area contributed by atoms with Gasteiger partial charge in [-0.2, -0.15) is 0 Å². The molecule has 0 aliphatic rings. The molecule has 0 unspecified atom stereocenters. The van der Waals surface area contributed by atoms with Crippen LogP contribution in [-0.2, 0) is 11.2 Å². The van der Waals surface area contributed by atoms with E-state index in [1.807, 2.05) is 58.8 Å². The number of nitrogens with one attached hydrogen (secondary N) is 1. The van der Waals surface area contributed by atoms with E-state index in [1.54, 1.807) is 36.4 Å². The average molecular weight is 552 g/mol. The number of carbonyl (C=O) groups is 2. The Kier molecular flexibility index (Phi) is 14.4. The second-order valence-corrected chi connectivity index (χ2v) is 9.40. The molecule has 0 radical (unpaired) electrons. The first-order valence-electron chi connectivity index (χ1n) is 12.0. The number of rotatable bonds is 9. The van der Waals surface area contributed by atoms with Crippen molar-refractivity contribution in [3.8, 4) is 16.2 Å². The Balaban J connectivity index is 0.00000154. The average Bonchev–Trinajstić information content (AvgIpc) is 3.29.